The SMILES string of the molecule is Oc1ccc(-c2nnc(I)s2)cc1. The summed E-state index contributed by atoms with van der Waals surface area (Å²) in [5.41, 5.74) is 0.984. The Bertz CT molecular complexity index is 412. The Morgan fingerprint density at radius 1 is 1.15 bits per heavy atom. The molecule has 2 rings (SSSR count). The van der Waals surface area contributed by atoms with E-state index < -0.39 is 0 Å². The van der Waals surface area contributed by atoms with E-state index in [1.54, 1.807) is 12.1 Å². The number of rotatable bonds is 1. The Labute approximate surface area is 92.6 Å². The molecule has 0 spiro atoms. The monoisotopic (exact) mass is 304 g/mol. The van der Waals surface area contributed by atoms with Gasteiger partial charge in [0.25, 0.3) is 0 Å². The summed E-state index contributed by atoms with van der Waals surface area (Å²) in [5, 5.41) is 17.9. The van der Waals surface area contributed by atoms with E-state index in [9.17, 15) is 0 Å². The number of nitrogens with zero attached hydrogens (tertiary/aromatic N) is 2. The number of hydrogen-bond donors (Lipinski definition) is 1. The fraction of sp³-hybridized carbons (Fsp3) is 0. The fourth-order valence-corrected chi connectivity index (χ4v) is 2.24. The summed E-state index contributed by atoms with van der Waals surface area (Å²) < 4.78 is 0.917. The normalized spacial score (nSPS) is 10.2. The van der Waals surface area contributed by atoms with Crippen LogP contribution in [0.25, 0.3) is 10.6 Å². The van der Waals surface area contributed by atoms with Crippen molar-refractivity contribution in [1.82, 2.24) is 10.2 Å². The Hall–Kier alpha value is -0.690. The maximum atomic E-state index is 9.07. The number of aromatic nitrogens is 2. The first-order chi connectivity index (χ1) is 6.25. The van der Waals surface area contributed by atoms with Crippen molar-refractivity contribution in [3.05, 3.63) is 27.3 Å². The molecule has 5 heteroatoms. The van der Waals surface area contributed by atoms with Crippen molar-refractivity contribution in [2.45, 2.75) is 0 Å². The highest BCUT2D eigenvalue weighted by Crippen LogP contribution is 2.25. The van der Waals surface area contributed by atoms with Gasteiger partial charge in [-0.3, -0.25) is 0 Å². The van der Waals surface area contributed by atoms with Crippen LogP contribution in [0.2, 0.25) is 0 Å². The third-order valence-electron chi connectivity index (χ3n) is 1.51. The van der Waals surface area contributed by atoms with Crippen molar-refractivity contribution >= 4 is 33.9 Å². The zero-order valence-electron chi connectivity index (χ0n) is 6.44. The molecular formula is C8H5IN2OS. The van der Waals surface area contributed by atoms with Crippen LogP contribution in [0.1, 0.15) is 0 Å². The Kier molecular flexibility index (Phi) is 2.45. The van der Waals surface area contributed by atoms with Crippen molar-refractivity contribution in [3.8, 4) is 16.3 Å². The first-order valence-electron chi connectivity index (χ1n) is 3.54. The number of halogens is 1. The van der Waals surface area contributed by atoms with E-state index in [1.807, 2.05) is 12.1 Å². The minimum Gasteiger partial charge on any atom is -0.508 e. The average molecular weight is 304 g/mol. The van der Waals surface area contributed by atoms with E-state index in [1.165, 1.54) is 11.3 Å². The quantitative estimate of drug-likeness (QED) is 0.824. The van der Waals surface area contributed by atoms with Crippen molar-refractivity contribution < 1.29 is 5.11 Å². The van der Waals surface area contributed by atoms with Crippen molar-refractivity contribution in [1.29, 1.82) is 0 Å². The van der Waals surface area contributed by atoms with Gasteiger partial charge in [0.2, 0.25) is 0 Å². The lowest BCUT2D eigenvalue weighted by molar-refractivity contribution is 0.475. The minimum absolute atomic E-state index is 0.267. The third kappa shape index (κ3) is 1.97. The van der Waals surface area contributed by atoms with Gasteiger partial charge in [-0.1, -0.05) is 11.3 Å². The first-order valence-corrected chi connectivity index (χ1v) is 5.43. The van der Waals surface area contributed by atoms with Gasteiger partial charge in [-0.2, -0.15) is 0 Å². The molecule has 0 amide bonds. The molecule has 3 nitrogen and oxygen atoms in total. The molecule has 0 atom stereocenters. The molecule has 0 unspecified atom stereocenters. The van der Waals surface area contributed by atoms with E-state index >= 15 is 0 Å². The van der Waals surface area contributed by atoms with Gasteiger partial charge in [-0.25, -0.2) is 0 Å². The van der Waals surface area contributed by atoms with Gasteiger partial charge in [0.1, 0.15) is 10.8 Å². The van der Waals surface area contributed by atoms with Crippen LogP contribution in [0.15, 0.2) is 24.3 Å². The highest BCUT2D eigenvalue weighted by atomic mass is 127. The van der Waals surface area contributed by atoms with Gasteiger partial charge in [-0.15, -0.1) is 10.2 Å². The molecule has 0 saturated carbocycles. The van der Waals surface area contributed by atoms with Crippen molar-refractivity contribution in [3.63, 3.8) is 0 Å². The molecule has 0 bridgehead atoms. The Morgan fingerprint density at radius 2 is 1.85 bits per heavy atom. The van der Waals surface area contributed by atoms with E-state index in [2.05, 4.69) is 32.8 Å². The van der Waals surface area contributed by atoms with Crippen LogP contribution >= 0.6 is 33.9 Å². The van der Waals surface area contributed by atoms with Crippen LogP contribution in [0.5, 0.6) is 5.75 Å². The number of phenolic OH excluding ortho intramolecular Hbond substituents is 1. The van der Waals surface area contributed by atoms with Crippen LogP contribution in [-0.2, 0) is 0 Å². The van der Waals surface area contributed by atoms with Crippen molar-refractivity contribution in [2.24, 2.45) is 0 Å². The molecule has 0 fully saturated rings. The summed E-state index contributed by atoms with van der Waals surface area (Å²) in [5.74, 6) is 0.267. The number of hydrogen-bond acceptors (Lipinski definition) is 4. The molecule has 1 aromatic heterocycles. The second kappa shape index (κ2) is 3.59. The number of benzene rings is 1. The third-order valence-corrected chi connectivity index (χ3v) is 3.15. The van der Waals surface area contributed by atoms with Gasteiger partial charge in [0, 0.05) is 5.56 Å². The molecule has 0 aliphatic carbocycles. The molecule has 1 N–H and O–H groups in total. The fourth-order valence-electron chi connectivity index (χ4n) is 0.926. The lowest BCUT2D eigenvalue weighted by Gasteiger charge is -1.94. The molecule has 66 valence electrons. The van der Waals surface area contributed by atoms with Crippen LogP contribution in [0.4, 0.5) is 0 Å². The first kappa shape index (κ1) is 8.89. The molecular weight excluding hydrogens is 299 g/mol. The zero-order chi connectivity index (χ0) is 9.26. The smallest absolute Gasteiger partial charge is 0.178 e. The predicted molar refractivity (Wildman–Crippen MR) is 59.7 cm³/mol. The average Bonchev–Trinajstić information content (AvgIpc) is 2.53. The molecule has 0 saturated heterocycles. The zero-order valence-corrected chi connectivity index (χ0v) is 9.41. The highest BCUT2D eigenvalue weighted by Gasteiger charge is 2.03. The molecule has 1 aromatic carbocycles. The molecule has 0 aliphatic rings. The van der Waals surface area contributed by atoms with Gasteiger partial charge in [0.05, 0.1) is 0 Å². The highest BCUT2D eigenvalue weighted by molar-refractivity contribution is 14.1. The Morgan fingerprint density at radius 3 is 2.38 bits per heavy atom. The lowest BCUT2D eigenvalue weighted by Crippen LogP contribution is -1.75. The van der Waals surface area contributed by atoms with Crippen LogP contribution in [0.3, 0.4) is 0 Å². The lowest BCUT2D eigenvalue weighted by atomic mass is 10.2. The molecule has 0 aliphatic heterocycles. The summed E-state index contributed by atoms with van der Waals surface area (Å²) in [6.07, 6.45) is 0. The Balaban J connectivity index is 2.41. The molecule has 2 aromatic rings. The van der Waals surface area contributed by atoms with Gasteiger partial charge in [0.15, 0.2) is 3.01 Å². The van der Waals surface area contributed by atoms with E-state index in [0.717, 1.165) is 13.6 Å². The largest absolute Gasteiger partial charge is 0.508 e. The van der Waals surface area contributed by atoms with E-state index in [0.29, 0.717) is 0 Å². The summed E-state index contributed by atoms with van der Waals surface area (Å²) in [6, 6.07) is 6.94. The van der Waals surface area contributed by atoms with E-state index in [4.69, 9.17) is 5.11 Å². The maximum absolute atomic E-state index is 9.07. The molecule has 0 radical (unpaired) electrons. The second-order valence-corrected chi connectivity index (χ2v) is 5.14. The maximum Gasteiger partial charge on any atom is 0.178 e. The summed E-state index contributed by atoms with van der Waals surface area (Å²) in [7, 11) is 0. The van der Waals surface area contributed by atoms with Crippen LogP contribution < -0.4 is 0 Å². The van der Waals surface area contributed by atoms with Crippen molar-refractivity contribution in [2.75, 3.05) is 0 Å². The predicted octanol–water partition coefficient (Wildman–Crippen LogP) is 2.52. The number of phenols is 1. The summed E-state index contributed by atoms with van der Waals surface area (Å²) in [4.78, 5) is 0. The van der Waals surface area contributed by atoms with Crippen LogP contribution in [0, 0.1) is 3.01 Å². The van der Waals surface area contributed by atoms with Gasteiger partial charge in [-0.05, 0) is 46.9 Å². The molecule has 1 heterocycles. The number of aromatic hydroxyl groups is 1. The molecule has 13 heavy (non-hydrogen) atoms. The van der Waals surface area contributed by atoms with E-state index in [-0.39, 0.29) is 5.75 Å². The minimum atomic E-state index is 0.267. The van der Waals surface area contributed by atoms with Gasteiger partial charge < -0.3 is 5.11 Å². The van der Waals surface area contributed by atoms with Crippen LogP contribution in [-0.4, -0.2) is 15.3 Å². The second-order valence-electron chi connectivity index (χ2n) is 2.41. The summed E-state index contributed by atoms with van der Waals surface area (Å²) in [6.45, 7) is 0. The topological polar surface area (TPSA) is 46.0 Å². The van der Waals surface area contributed by atoms with Gasteiger partial charge >= 0.3 is 0 Å². The standard InChI is InChI=1S/C8H5IN2OS/c9-8-11-10-7(13-8)5-1-3-6(12)4-2-5/h1-4,12H. The summed E-state index contributed by atoms with van der Waals surface area (Å²) >= 11 is 3.66.